The van der Waals surface area contributed by atoms with Crippen LogP contribution in [0.1, 0.15) is 13.8 Å². The fraction of sp³-hybridized carbons (Fsp3) is 1.00. The van der Waals surface area contributed by atoms with Crippen molar-refractivity contribution in [3.63, 3.8) is 0 Å². The van der Waals surface area contributed by atoms with E-state index in [4.69, 9.17) is 14.9 Å². The van der Waals surface area contributed by atoms with Crippen molar-refractivity contribution in [2.45, 2.75) is 50.2 Å². The molecule has 0 bridgehead atoms. The fourth-order valence-electron chi connectivity index (χ4n) is 1.45. The molecule has 14 heavy (non-hydrogen) atoms. The van der Waals surface area contributed by atoms with E-state index in [1.807, 2.05) is 0 Å². The lowest BCUT2D eigenvalue weighted by molar-refractivity contribution is -0.308. The summed E-state index contributed by atoms with van der Waals surface area (Å²) in [5.74, 6) is 0. The Balaban J connectivity index is 2.81. The standard InChI is InChI=1S/C8H16O6/c1-8(2,13)6-4(10)3(9)5(11)7(12)14-6/h3-7,9-13H,1-2H3/t3-,4-,5-,6-,7?/m0/s1. The molecular weight excluding hydrogens is 192 g/mol. The monoisotopic (exact) mass is 208 g/mol. The van der Waals surface area contributed by atoms with Crippen LogP contribution in [0.25, 0.3) is 0 Å². The third-order valence-electron chi connectivity index (χ3n) is 2.28. The smallest absolute Gasteiger partial charge is 0.184 e. The van der Waals surface area contributed by atoms with Crippen LogP contribution in [-0.2, 0) is 4.74 Å². The van der Waals surface area contributed by atoms with Gasteiger partial charge < -0.3 is 30.3 Å². The van der Waals surface area contributed by atoms with Crippen molar-refractivity contribution in [3.05, 3.63) is 0 Å². The van der Waals surface area contributed by atoms with Gasteiger partial charge in [-0.25, -0.2) is 0 Å². The number of hydrogen-bond donors (Lipinski definition) is 5. The lowest BCUT2D eigenvalue weighted by atomic mass is 9.89. The van der Waals surface area contributed by atoms with Gasteiger partial charge in [0.05, 0.1) is 5.60 Å². The quantitative estimate of drug-likeness (QED) is 0.327. The van der Waals surface area contributed by atoms with Crippen LogP contribution in [0.5, 0.6) is 0 Å². The highest BCUT2D eigenvalue weighted by Gasteiger charge is 2.48. The Labute approximate surface area is 81.4 Å². The number of ether oxygens (including phenoxy) is 1. The molecule has 1 unspecified atom stereocenters. The van der Waals surface area contributed by atoms with E-state index in [-0.39, 0.29) is 0 Å². The SMILES string of the molecule is CC(C)(O)[C@H]1OC(O)[C@@H](O)[C@@H](O)[C@@H]1O. The van der Waals surface area contributed by atoms with Gasteiger partial charge in [0, 0.05) is 0 Å². The normalized spacial score (nSPS) is 45.2. The Kier molecular flexibility index (Phi) is 3.15. The maximum Gasteiger partial charge on any atom is 0.184 e. The van der Waals surface area contributed by atoms with Gasteiger partial charge in [-0.2, -0.15) is 0 Å². The average Bonchev–Trinajstić information content (AvgIpc) is 2.06. The zero-order valence-corrected chi connectivity index (χ0v) is 8.03. The topological polar surface area (TPSA) is 110 Å². The molecule has 5 N–H and O–H groups in total. The molecule has 0 aromatic rings. The van der Waals surface area contributed by atoms with Gasteiger partial charge in [-0.15, -0.1) is 0 Å². The Hall–Kier alpha value is -0.240. The lowest BCUT2D eigenvalue weighted by Crippen LogP contribution is -2.63. The van der Waals surface area contributed by atoms with Crippen LogP contribution in [0.15, 0.2) is 0 Å². The maximum absolute atomic E-state index is 9.55. The van der Waals surface area contributed by atoms with E-state index in [0.717, 1.165) is 0 Å². The molecule has 0 radical (unpaired) electrons. The van der Waals surface area contributed by atoms with Crippen LogP contribution in [-0.4, -0.2) is 61.8 Å². The minimum atomic E-state index is -1.61. The molecule has 1 heterocycles. The highest BCUT2D eigenvalue weighted by Crippen LogP contribution is 2.26. The number of aliphatic hydroxyl groups is 5. The molecule has 84 valence electrons. The Bertz CT molecular complexity index is 200. The molecule has 1 rings (SSSR count). The van der Waals surface area contributed by atoms with E-state index in [9.17, 15) is 15.3 Å². The number of rotatable bonds is 1. The third-order valence-corrected chi connectivity index (χ3v) is 2.28. The summed E-state index contributed by atoms with van der Waals surface area (Å²) in [7, 11) is 0. The van der Waals surface area contributed by atoms with E-state index in [0.29, 0.717) is 0 Å². The van der Waals surface area contributed by atoms with E-state index in [1.165, 1.54) is 13.8 Å². The van der Waals surface area contributed by atoms with Crippen molar-refractivity contribution >= 4 is 0 Å². The molecule has 0 spiro atoms. The average molecular weight is 208 g/mol. The minimum absolute atomic E-state index is 1.14. The zero-order chi connectivity index (χ0) is 11.1. The second-order valence-electron chi connectivity index (χ2n) is 4.07. The van der Waals surface area contributed by atoms with Crippen LogP contribution < -0.4 is 0 Å². The molecule has 5 atom stereocenters. The summed E-state index contributed by atoms with van der Waals surface area (Å²) in [5.41, 5.74) is -1.42. The molecule has 6 heteroatoms. The van der Waals surface area contributed by atoms with Gasteiger partial charge in [0.2, 0.25) is 0 Å². The summed E-state index contributed by atoms with van der Waals surface area (Å²) < 4.78 is 4.79. The highest BCUT2D eigenvalue weighted by molar-refractivity contribution is 4.95. The molecule has 1 aliphatic rings. The Morgan fingerprint density at radius 1 is 0.929 bits per heavy atom. The first-order valence-corrected chi connectivity index (χ1v) is 4.35. The van der Waals surface area contributed by atoms with Crippen molar-refractivity contribution in [1.82, 2.24) is 0 Å². The minimum Gasteiger partial charge on any atom is -0.388 e. The summed E-state index contributed by atoms with van der Waals surface area (Å²) in [5, 5.41) is 46.6. The molecule has 1 aliphatic heterocycles. The summed E-state index contributed by atoms with van der Waals surface area (Å²) in [6.07, 6.45) is -7.28. The Morgan fingerprint density at radius 3 is 1.86 bits per heavy atom. The molecule has 0 aromatic carbocycles. The summed E-state index contributed by atoms with van der Waals surface area (Å²) in [6.45, 7) is 2.75. The molecule has 0 aromatic heterocycles. The van der Waals surface area contributed by atoms with E-state index in [2.05, 4.69) is 0 Å². The van der Waals surface area contributed by atoms with Crippen LogP contribution in [0.2, 0.25) is 0 Å². The second kappa shape index (κ2) is 3.73. The molecule has 1 fully saturated rings. The summed E-state index contributed by atoms with van der Waals surface area (Å²) >= 11 is 0. The number of hydrogen-bond acceptors (Lipinski definition) is 6. The van der Waals surface area contributed by atoms with Gasteiger partial charge in [0.1, 0.15) is 24.4 Å². The summed E-state index contributed by atoms with van der Waals surface area (Å²) in [6, 6.07) is 0. The Morgan fingerprint density at radius 2 is 1.43 bits per heavy atom. The van der Waals surface area contributed by atoms with Gasteiger partial charge in [0.15, 0.2) is 6.29 Å². The van der Waals surface area contributed by atoms with Crippen molar-refractivity contribution in [1.29, 1.82) is 0 Å². The first-order chi connectivity index (χ1) is 6.25. The van der Waals surface area contributed by atoms with Gasteiger partial charge in [0.25, 0.3) is 0 Å². The molecule has 1 saturated heterocycles. The maximum atomic E-state index is 9.55. The van der Waals surface area contributed by atoms with Gasteiger partial charge in [-0.3, -0.25) is 0 Å². The van der Waals surface area contributed by atoms with Crippen molar-refractivity contribution in [3.8, 4) is 0 Å². The van der Waals surface area contributed by atoms with Crippen LogP contribution in [0.4, 0.5) is 0 Å². The van der Waals surface area contributed by atoms with Crippen molar-refractivity contribution in [2.75, 3.05) is 0 Å². The largest absolute Gasteiger partial charge is 0.388 e. The molecule has 0 aliphatic carbocycles. The van der Waals surface area contributed by atoms with Crippen LogP contribution in [0.3, 0.4) is 0 Å². The fourth-order valence-corrected chi connectivity index (χ4v) is 1.45. The second-order valence-corrected chi connectivity index (χ2v) is 4.07. The third kappa shape index (κ3) is 2.05. The predicted octanol–water partition coefficient (Wildman–Crippen LogP) is -2.44. The van der Waals surface area contributed by atoms with E-state index < -0.39 is 36.3 Å². The van der Waals surface area contributed by atoms with E-state index >= 15 is 0 Å². The van der Waals surface area contributed by atoms with Gasteiger partial charge >= 0.3 is 0 Å². The zero-order valence-electron chi connectivity index (χ0n) is 8.03. The van der Waals surface area contributed by atoms with Gasteiger partial charge in [-0.05, 0) is 13.8 Å². The van der Waals surface area contributed by atoms with Crippen molar-refractivity contribution < 1.29 is 30.3 Å². The summed E-state index contributed by atoms with van der Waals surface area (Å²) in [4.78, 5) is 0. The van der Waals surface area contributed by atoms with E-state index in [1.54, 1.807) is 0 Å². The molecule has 6 nitrogen and oxygen atoms in total. The molecule has 0 amide bonds. The van der Waals surface area contributed by atoms with Crippen molar-refractivity contribution in [2.24, 2.45) is 0 Å². The van der Waals surface area contributed by atoms with Crippen LogP contribution in [0, 0.1) is 0 Å². The highest BCUT2D eigenvalue weighted by atomic mass is 16.6. The first-order valence-electron chi connectivity index (χ1n) is 4.35. The number of aliphatic hydroxyl groups excluding tert-OH is 4. The lowest BCUT2D eigenvalue weighted by Gasteiger charge is -2.43. The van der Waals surface area contributed by atoms with Crippen LogP contribution >= 0.6 is 0 Å². The van der Waals surface area contributed by atoms with Gasteiger partial charge in [-0.1, -0.05) is 0 Å². The predicted molar refractivity (Wildman–Crippen MR) is 45.2 cm³/mol. The molecular formula is C8H16O6. The first kappa shape index (κ1) is 11.8. The molecule has 0 saturated carbocycles.